The Morgan fingerprint density at radius 3 is 2.50 bits per heavy atom. The highest BCUT2D eigenvalue weighted by molar-refractivity contribution is 5.60. The van der Waals surface area contributed by atoms with E-state index >= 15 is 0 Å². The van der Waals surface area contributed by atoms with Crippen molar-refractivity contribution < 1.29 is 14.3 Å². The molecule has 2 rings (SSSR count). The number of hydrogen-bond acceptors (Lipinski definition) is 4. The van der Waals surface area contributed by atoms with Gasteiger partial charge < -0.3 is 9.47 Å². The molecule has 0 bridgehead atoms. The zero-order valence-electron chi connectivity index (χ0n) is 11.8. The summed E-state index contributed by atoms with van der Waals surface area (Å²) in [6.45, 7) is 6.51. The van der Waals surface area contributed by atoms with Gasteiger partial charge in [-0.2, -0.15) is 0 Å². The molecule has 0 aromatic rings. The summed E-state index contributed by atoms with van der Waals surface area (Å²) in [6.07, 6.45) is 6.68. The highest BCUT2D eigenvalue weighted by Crippen LogP contribution is 2.42. The Morgan fingerprint density at radius 1 is 1.22 bits per heavy atom. The molecule has 1 spiro atoms. The van der Waals surface area contributed by atoms with Gasteiger partial charge >= 0.3 is 6.16 Å². The first kappa shape index (κ1) is 13.7. The third kappa shape index (κ3) is 3.61. The van der Waals surface area contributed by atoms with Crippen molar-refractivity contribution in [3.8, 4) is 0 Å². The van der Waals surface area contributed by atoms with E-state index in [0.29, 0.717) is 5.41 Å². The van der Waals surface area contributed by atoms with Crippen molar-refractivity contribution in [2.24, 2.45) is 5.41 Å². The third-order valence-electron chi connectivity index (χ3n) is 3.87. The molecule has 1 aliphatic heterocycles. The van der Waals surface area contributed by atoms with Crippen molar-refractivity contribution in [1.82, 2.24) is 5.32 Å². The maximum absolute atomic E-state index is 11.6. The predicted octanol–water partition coefficient (Wildman–Crippen LogP) is 3.21. The fourth-order valence-electron chi connectivity index (χ4n) is 3.02. The second kappa shape index (κ2) is 5.08. The molecule has 0 radical (unpaired) electrons. The molecule has 1 aliphatic carbocycles. The Labute approximate surface area is 109 Å². The SMILES string of the molecule is CC(C)(C)OC(=O)OC1CC2(CCCCC2)CN1. The molecule has 4 nitrogen and oxygen atoms in total. The van der Waals surface area contributed by atoms with Crippen molar-refractivity contribution in [3.05, 3.63) is 0 Å². The van der Waals surface area contributed by atoms with E-state index in [-0.39, 0.29) is 6.23 Å². The number of rotatable bonds is 1. The van der Waals surface area contributed by atoms with Crippen LogP contribution in [0.3, 0.4) is 0 Å². The lowest BCUT2D eigenvalue weighted by Gasteiger charge is -2.32. The van der Waals surface area contributed by atoms with Crippen LogP contribution in [-0.2, 0) is 9.47 Å². The highest BCUT2D eigenvalue weighted by Gasteiger charge is 2.41. The minimum atomic E-state index is -0.562. The van der Waals surface area contributed by atoms with E-state index < -0.39 is 11.8 Å². The fraction of sp³-hybridized carbons (Fsp3) is 0.929. The Kier molecular flexibility index (Phi) is 3.85. The first-order valence-electron chi connectivity index (χ1n) is 7.02. The summed E-state index contributed by atoms with van der Waals surface area (Å²) in [4.78, 5) is 11.6. The van der Waals surface area contributed by atoms with Crippen LogP contribution in [0.15, 0.2) is 0 Å². The Bertz CT molecular complexity index is 303. The van der Waals surface area contributed by atoms with E-state index in [1.165, 1.54) is 32.1 Å². The van der Waals surface area contributed by atoms with Gasteiger partial charge in [0.15, 0.2) is 6.23 Å². The minimum Gasteiger partial charge on any atom is -0.429 e. The lowest BCUT2D eigenvalue weighted by Crippen LogP contribution is -2.31. The summed E-state index contributed by atoms with van der Waals surface area (Å²) >= 11 is 0. The van der Waals surface area contributed by atoms with Gasteiger partial charge in [0.2, 0.25) is 0 Å². The molecule has 2 fully saturated rings. The zero-order chi connectivity index (χ0) is 13.2. The average molecular weight is 255 g/mol. The van der Waals surface area contributed by atoms with Gasteiger partial charge in [0, 0.05) is 13.0 Å². The summed E-state index contributed by atoms with van der Waals surface area (Å²) < 4.78 is 10.5. The van der Waals surface area contributed by atoms with Crippen LogP contribution in [0.1, 0.15) is 59.3 Å². The molecule has 0 amide bonds. The summed E-state index contributed by atoms with van der Waals surface area (Å²) in [6, 6.07) is 0. The lowest BCUT2D eigenvalue weighted by atomic mass is 9.73. The van der Waals surface area contributed by atoms with E-state index in [1.54, 1.807) is 0 Å². The van der Waals surface area contributed by atoms with Gasteiger partial charge in [0.1, 0.15) is 5.60 Å². The van der Waals surface area contributed by atoms with Crippen LogP contribution in [0, 0.1) is 5.41 Å². The highest BCUT2D eigenvalue weighted by atomic mass is 16.7. The molecule has 1 atom stereocenters. The van der Waals surface area contributed by atoms with Gasteiger partial charge in [-0.25, -0.2) is 4.79 Å². The van der Waals surface area contributed by atoms with E-state index in [0.717, 1.165) is 13.0 Å². The molecule has 4 heteroatoms. The second-order valence-electron chi connectivity index (χ2n) is 6.72. The third-order valence-corrected chi connectivity index (χ3v) is 3.87. The first-order valence-corrected chi connectivity index (χ1v) is 7.02. The Hall–Kier alpha value is -0.770. The van der Waals surface area contributed by atoms with Crippen LogP contribution in [0.2, 0.25) is 0 Å². The molecule has 0 aromatic carbocycles. The number of carbonyl (C=O) groups is 1. The van der Waals surface area contributed by atoms with Gasteiger partial charge in [0.25, 0.3) is 0 Å². The van der Waals surface area contributed by atoms with Crippen LogP contribution in [0.4, 0.5) is 4.79 Å². The largest absolute Gasteiger partial charge is 0.510 e. The van der Waals surface area contributed by atoms with E-state index in [9.17, 15) is 4.79 Å². The van der Waals surface area contributed by atoms with Crippen molar-refractivity contribution in [2.75, 3.05) is 6.54 Å². The summed E-state index contributed by atoms with van der Waals surface area (Å²) in [5, 5.41) is 3.31. The molecule has 0 aromatic heterocycles. The normalized spacial score (nSPS) is 27.2. The Morgan fingerprint density at radius 2 is 1.89 bits per heavy atom. The van der Waals surface area contributed by atoms with E-state index in [4.69, 9.17) is 9.47 Å². The lowest BCUT2D eigenvalue weighted by molar-refractivity contribution is -0.0321. The monoisotopic (exact) mass is 255 g/mol. The number of ether oxygens (including phenoxy) is 2. The topological polar surface area (TPSA) is 47.6 Å². The molecule has 104 valence electrons. The molecular formula is C14H25NO3. The quantitative estimate of drug-likeness (QED) is 0.731. The van der Waals surface area contributed by atoms with Crippen LogP contribution >= 0.6 is 0 Å². The smallest absolute Gasteiger partial charge is 0.429 e. The van der Waals surface area contributed by atoms with Crippen LogP contribution in [-0.4, -0.2) is 24.5 Å². The number of carbonyl (C=O) groups excluding carboxylic acids is 1. The first-order chi connectivity index (χ1) is 8.39. The van der Waals surface area contributed by atoms with Crippen LogP contribution < -0.4 is 5.32 Å². The zero-order valence-corrected chi connectivity index (χ0v) is 11.8. The summed E-state index contributed by atoms with van der Waals surface area (Å²) in [7, 11) is 0. The standard InChI is InChI=1S/C14H25NO3/c1-13(2,3)18-12(16)17-11-9-14(10-15-11)7-5-4-6-8-14/h11,15H,4-10H2,1-3H3. The average Bonchev–Trinajstić information content (AvgIpc) is 2.59. The molecule has 1 unspecified atom stereocenters. The van der Waals surface area contributed by atoms with Gasteiger partial charge in [0.05, 0.1) is 0 Å². The summed E-state index contributed by atoms with van der Waals surface area (Å²) in [5.74, 6) is 0. The Balaban J connectivity index is 1.80. The second-order valence-corrected chi connectivity index (χ2v) is 6.72. The molecule has 1 heterocycles. The van der Waals surface area contributed by atoms with Gasteiger partial charge in [-0.05, 0) is 39.0 Å². The number of hydrogen-bond donors (Lipinski definition) is 1. The number of nitrogens with one attached hydrogen (secondary N) is 1. The van der Waals surface area contributed by atoms with Crippen LogP contribution in [0.5, 0.6) is 0 Å². The molecular weight excluding hydrogens is 230 g/mol. The molecule has 1 saturated carbocycles. The van der Waals surface area contributed by atoms with Crippen molar-refractivity contribution in [1.29, 1.82) is 0 Å². The van der Waals surface area contributed by atoms with Crippen molar-refractivity contribution in [3.63, 3.8) is 0 Å². The molecule has 1 saturated heterocycles. The maximum atomic E-state index is 11.6. The molecule has 2 aliphatic rings. The van der Waals surface area contributed by atoms with Crippen molar-refractivity contribution >= 4 is 6.16 Å². The van der Waals surface area contributed by atoms with Gasteiger partial charge in [-0.3, -0.25) is 5.32 Å². The predicted molar refractivity (Wildman–Crippen MR) is 69.2 cm³/mol. The summed E-state index contributed by atoms with van der Waals surface area (Å²) in [5.41, 5.74) is -0.122. The fourth-order valence-corrected chi connectivity index (χ4v) is 3.02. The molecule has 18 heavy (non-hydrogen) atoms. The molecule has 1 N–H and O–H groups in total. The van der Waals surface area contributed by atoms with Crippen LogP contribution in [0.25, 0.3) is 0 Å². The minimum absolute atomic E-state index is 0.169. The van der Waals surface area contributed by atoms with Gasteiger partial charge in [-0.15, -0.1) is 0 Å². The van der Waals surface area contributed by atoms with E-state index in [1.807, 2.05) is 20.8 Å². The van der Waals surface area contributed by atoms with Crippen molar-refractivity contribution in [2.45, 2.75) is 71.1 Å². The van der Waals surface area contributed by atoms with E-state index in [2.05, 4.69) is 5.32 Å². The van der Waals surface area contributed by atoms with Gasteiger partial charge in [-0.1, -0.05) is 19.3 Å². The maximum Gasteiger partial charge on any atom is 0.510 e.